The van der Waals surface area contributed by atoms with E-state index in [2.05, 4.69) is 138 Å². The Labute approximate surface area is 261 Å². The SMILES string of the molecule is N#Cc1ccc(-c2ccnc(-c3ccccc3)c2-n2c3ccc(-c4ccccc4)cc3c3cc(-c4ccccc4)ccc32)cc1. The molecule has 0 aliphatic carbocycles. The molecule has 3 nitrogen and oxygen atoms in total. The molecule has 45 heavy (non-hydrogen) atoms. The van der Waals surface area contributed by atoms with Crippen molar-refractivity contribution < 1.29 is 0 Å². The number of pyridine rings is 1. The van der Waals surface area contributed by atoms with Crippen molar-refractivity contribution in [1.82, 2.24) is 9.55 Å². The van der Waals surface area contributed by atoms with Gasteiger partial charge in [-0.1, -0.05) is 115 Å². The summed E-state index contributed by atoms with van der Waals surface area (Å²) in [6.07, 6.45) is 1.88. The van der Waals surface area contributed by atoms with Crippen LogP contribution in [0.1, 0.15) is 5.56 Å². The number of nitriles is 1. The second-order valence-electron chi connectivity index (χ2n) is 11.1. The largest absolute Gasteiger partial charge is 0.306 e. The van der Waals surface area contributed by atoms with E-state index in [1.807, 2.05) is 36.5 Å². The maximum Gasteiger partial charge on any atom is 0.0991 e. The Morgan fingerprint density at radius 3 is 1.47 bits per heavy atom. The van der Waals surface area contributed by atoms with E-state index in [4.69, 9.17) is 4.98 Å². The van der Waals surface area contributed by atoms with Crippen LogP contribution < -0.4 is 0 Å². The summed E-state index contributed by atoms with van der Waals surface area (Å²) in [7, 11) is 0. The smallest absolute Gasteiger partial charge is 0.0991 e. The number of rotatable bonds is 5. The second kappa shape index (κ2) is 11.1. The Bertz CT molecular complexity index is 2250. The van der Waals surface area contributed by atoms with E-state index in [-0.39, 0.29) is 0 Å². The summed E-state index contributed by atoms with van der Waals surface area (Å²) in [5, 5.41) is 11.8. The Kier molecular flexibility index (Phi) is 6.52. The van der Waals surface area contributed by atoms with Crippen LogP contribution in [0.25, 0.3) is 72.1 Å². The van der Waals surface area contributed by atoms with Crippen molar-refractivity contribution in [3.63, 3.8) is 0 Å². The van der Waals surface area contributed by atoms with Gasteiger partial charge < -0.3 is 4.57 Å². The standard InChI is InChI=1S/C42H27N3/c43-28-29-16-18-32(19-17-29)36-24-25-44-41(33-14-8-3-9-15-33)42(36)45-39-22-20-34(30-10-4-1-5-11-30)26-37(39)38-27-35(21-23-40(38)45)31-12-6-2-7-13-31/h1-27H. The van der Waals surface area contributed by atoms with Crippen molar-refractivity contribution in [2.24, 2.45) is 0 Å². The van der Waals surface area contributed by atoms with Crippen molar-refractivity contribution in [3.8, 4) is 56.4 Å². The van der Waals surface area contributed by atoms with Crippen LogP contribution in [0.15, 0.2) is 164 Å². The van der Waals surface area contributed by atoms with Gasteiger partial charge in [0.2, 0.25) is 0 Å². The molecule has 210 valence electrons. The zero-order valence-corrected chi connectivity index (χ0v) is 24.4. The summed E-state index contributed by atoms with van der Waals surface area (Å²) in [6, 6.07) is 57.2. The minimum absolute atomic E-state index is 0.636. The molecular weight excluding hydrogens is 546 g/mol. The van der Waals surface area contributed by atoms with Crippen LogP contribution in [0.5, 0.6) is 0 Å². The van der Waals surface area contributed by atoms with Crippen LogP contribution in [-0.4, -0.2) is 9.55 Å². The van der Waals surface area contributed by atoms with Gasteiger partial charge in [-0.3, -0.25) is 4.98 Å². The predicted molar refractivity (Wildman–Crippen MR) is 185 cm³/mol. The lowest BCUT2D eigenvalue weighted by molar-refractivity contribution is 1.15. The molecule has 8 aromatic rings. The fourth-order valence-electron chi connectivity index (χ4n) is 6.33. The van der Waals surface area contributed by atoms with E-state index < -0.39 is 0 Å². The molecule has 0 radical (unpaired) electrons. The molecular formula is C42H27N3. The molecule has 0 fully saturated rings. The lowest BCUT2D eigenvalue weighted by Gasteiger charge is -2.18. The molecule has 2 heterocycles. The summed E-state index contributed by atoms with van der Waals surface area (Å²) in [6.45, 7) is 0. The molecule has 0 spiro atoms. The van der Waals surface area contributed by atoms with Crippen LogP contribution in [-0.2, 0) is 0 Å². The maximum absolute atomic E-state index is 9.48. The molecule has 0 bridgehead atoms. The van der Waals surface area contributed by atoms with E-state index in [1.165, 1.54) is 33.0 Å². The van der Waals surface area contributed by atoms with Crippen LogP contribution in [0.3, 0.4) is 0 Å². The highest BCUT2D eigenvalue weighted by atomic mass is 15.0. The number of fused-ring (bicyclic) bond motifs is 3. The first kappa shape index (κ1) is 26.4. The van der Waals surface area contributed by atoms with E-state index >= 15 is 0 Å². The molecule has 8 rings (SSSR count). The van der Waals surface area contributed by atoms with Gasteiger partial charge >= 0.3 is 0 Å². The van der Waals surface area contributed by atoms with Gasteiger partial charge in [-0.15, -0.1) is 0 Å². The van der Waals surface area contributed by atoms with E-state index in [0.29, 0.717) is 5.56 Å². The summed E-state index contributed by atoms with van der Waals surface area (Å²) in [4.78, 5) is 5.00. The molecule has 0 aliphatic heterocycles. The number of aromatic nitrogens is 2. The third kappa shape index (κ3) is 4.66. The first-order valence-corrected chi connectivity index (χ1v) is 15.0. The summed E-state index contributed by atoms with van der Waals surface area (Å²) in [5.41, 5.74) is 12.6. The van der Waals surface area contributed by atoms with Gasteiger partial charge in [0.1, 0.15) is 0 Å². The zero-order valence-electron chi connectivity index (χ0n) is 24.4. The molecule has 6 aromatic carbocycles. The van der Waals surface area contributed by atoms with E-state index in [1.54, 1.807) is 0 Å². The van der Waals surface area contributed by atoms with Crippen molar-refractivity contribution in [1.29, 1.82) is 5.26 Å². The summed E-state index contributed by atoms with van der Waals surface area (Å²) < 4.78 is 2.37. The summed E-state index contributed by atoms with van der Waals surface area (Å²) >= 11 is 0. The van der Waals surface area contributed by atoms with Gasteiger partial charge in [-0.25, -0.2) is 0 Å². The number of hydrogen-bond acceptors (Lipinski definition) is 2. The minimum Gasteiger partial charge on any atom is -0.306 e. The molecule has 3 heteroatoms. The summed E-state index contributed by atoms with van der Waals surface area (Å²) in [5.74, 6) is 0. The fourth-order valence-corrected chi connectivity index (χ4v) is 6.33. The molecule has 0 N–H and O–H groups in total. The van der Waals surface area contributed by atoms with Crippen LogP contribution in [0.4, 0.5) is 0 Å². The van der Waals surface area contributed by atoms with Gasteiger partial charge in [0.25, 0.3) is 0 Å². The maximum atomic E-state index is 9.48. The Balaban J connectivity index is 1.48. The molecule has 0 atom stereocenters. The predicted octanol–water partition coefficient (Wildman–Crippen LogP) is 10.7. The Hall–Kier alpha value is -6.24. The van der Waals surface area contributed by atoms with Crippen molar-refractivity contribution in [2.75, 3.05) is 0 Å². The highest BCUT2D eigenvalue weighted by molar-refractivity contribution is 6.12. The average Bonchev–Trinajstić information content (AvgIpc) is 3.45. The van der Waals surface area contributed by atoms with Gasteiger partial charge in [-0.2, -0.15) is 5.26 Å². The normalized spacial score (nSPS) is 11.1. The topological polar surface area (TPSA) is 41.6 Å². The van der Waals surface area contributed by atoms with E-state index in [9.17, 15) is 5.26 Å². The number of benzene rings is 6. The molecule has 0 aliphatic rings. The lowest BCUT2D eigenvalue weighted by atomic mass is 9.99. The van der Waals surface area contributed by atoms with Crippen LogP contribution >= 0.6 is 0 Å². The fraction of sp³-hybridized carbons (Fsp3) is 0. The molecule has 0 unspecified atom stereocenters. The third-order valence-electron chi connectivity index (χ3n) is 8.50. The highest BCUT2D eigenvalue weighted by Crippen LogP contribution is 2.42. The van der Waals surface area contributed by atoms with Gasteiger partial charge in [0.05, 0.1) is 34.0 Å². The number of hydrogen-bond donors (Lipinski definition) is 0. The van der Waals surface area contributed by atoms with Gasteiger partial charge in [0, 0.05) is 28.1 Å². The van der Waals surface area contributed by atoms with Crippen LogP contribution in [0.2, 0.25) is 0 Å². The zero-order chi connectivity index (χ0) is 30.2. The molecule has 2 aromatic heterocycles. The van der Waals surface area contributed by atoms with Crippen LogP contribution in [0, 0.1) is 11.3 Å². The quantitative estimate of drug-likeness (QED) is 0.205. The third-order valence-corrected chi connectivity index (χ3v) is 8.50. The Morgan fingerprint density at radius 1 is 0.467 bits per heavy atom. The van der Waals surface area contributed by atoms with Crippen molar-refractivity contribution in [2.45, 2.75) is 0 Å². The first-order chi connectivity index (χ1) is 22.3. The second-order valence-corrected chi connectivity index (χ2v) is 11.1. The molecule has 0 amide bonds. The van der Waals surface area contributed by atoms with Crippen molar-refractivity contribution >= 4 is 21.8 Å². The highest BCUT2D eigenvalue weighted by Gasteiger charge is 2.21. The average molecular weight is 574 g/mol. The molecule has 0 saturated carbocycles. The number of nitrogens with zero attached hydrogens (tertiary/aromatic N) is 3. The molecule has 0 saturated heterocycles. The van der Waals surface area contributed by atoms with Gasteiger partial charge in [-0.05, 0) is 70.3 Å². The lowest BCUT2D eigenvalue weighted by Crippen LogP contribution is -2.02. The first-order valence-electron chi connectivity index (χ1n) is 15.0. The van der Waals surface area contributed by atoms with Gasteiger partial charge in [0.15, 0.2) is 0 Å². The minimum atomic E-state index is 0.636. The monoisotopic (exact) mass is 573 g/mol. The van der Waals surface area contributed by atoms with E-state index in [0.717, 1.165) is 39.1 Å². The Morgan fingerprint density at radius 2 is 0.956 bits per heavy atom. The van der Waals surface area contributed by atoms with Crippen molar-refractivity contribution in [3.05, 3.63) is 169 Å².